The van der Waals surface area contributed by atoms with Crippen LogP contribution >= 0.6 is 0 Å². The van der Waals surface area contributed by atoms with E-state index >= 15 is 0 Å². The van der Waals surface area contributed by atoms with Crippen LogP contribution in [0.15, 0.2) is 52.4 Å². The minimum Gasteiger partial charge on any atom is -0.493 e. The average molecular weight is 380 g/mol. The first kappa shape index (κ1) is 19.1. The Balaban J connectivity index is 1.75. The third-order valence-corrected chi connectivity index (χ3v) is 3.94. The number of H-pyrrole nitrogens is 1. The molecule has 0 aliphatic heterocycles. The molecule has 0 fully saturated rings. The summed E-state index contributed by atoms with van der Waals surface area (Å²) in [6, 6.07) is 12.1. The smallest absolute Gasteiger partial charge is 0.292 e. The molecule has 0 bridgehead atoms. The number of benzene rings is 2. The fourth-order valence-electron chi connectivity index (χ4n) is 2.60. The van der Waals surface area contributed by atoms with Crippen molar-refractivity contribution in [1.82, 2.24) is 15.6 Å². The molecule has 1 amide bonds. The monoisotopic (exact) mass is 380 g/mol. The summed E-state index contributed by atoms with van der Waals surface area (Å²) in [6.45, 7) is 2.62. The number of fused-ring (bicyclic) bond motifs is 1. The van der Waals surface area contributed by atoms with Crippen molar-refractivity contribution in [2.24, 2.45) is 5.10 Å². The van der Waals surface area contributed by atoms with E-state index in [1.165, 1.54) is 6.21 Å². The first-order valence-electron chi connectivity index (χ1n) is 8.75. The van der Waals surface area contributed by atoms with Crippen molar-refractivity contribution < 1.29 is 14.3 Å². The number of amides is 1. The Hall–Kier alpha value is -3.68. The van der Waals surface area contributed by atoms with Crippen molar-refractivity contribution in [3.8, 4) is 11.5 Å². The van der Waals surface area contributed by atoms with Crippen LogP contribution in [0.4, 0.5) is 0 Å². The second kappa shape index (κ2) is 8.81. The summed E-state index contributed by atoms with van der Waals surface area (Å²) in [5, 5.41) is 11.0. The van der Waals surface area contributed by atoms with E-state index in [0.29, 0.717) is 28.9 Å². The lowest BCUT2D eigenvalue weighted by atomic mass is 10.1. The van der Waals surface area contributed by atoms with E-state index in [4.69, 9.17) is 9.47 Å². The number of carbonyl (C=O) groups is 1. The standard InChI is InChI=1S/C20H20N4O4/c1-3-10-28-16-9-8-13(11-17(16)27-2)12-21-23-20(26)18-14-6-4-5-7-15(14)19(25)24-22-18/h4-9,11-12H,3,10H2,1-2H3,(H,23,26)(H,24,25). The van der Waals surface area contributed by atoms with Gasteiger partial charge in [0.2, 0.25) is 0 Å². The van der Waals surface area contributed by atoms with Gasteiger partial charge in [-0.3, -0.25) is 9.59 Å². The van der Waals surface area contributed by atoms with Crippen molar-refractivity contribution in [2.45, 2.75) is 13.3 Å². The summed E-state index contributed by atoms with van der Waals surface area (Å²) < 4.78 is 10.9. The number of methoxy groups -OCH3 is 1. The number of carbonyl (C=O) groups excluding carboxylic acids is 1. The predicted molar refractivity (Wildman–Crippen MR) is 106 cm³/mol. The zero-order chi connectivity index (χ0) is 19.9. The average Bonchev–Trinajstić information content (AvgIpc) is 2.73. The van der Waals surface area contributed by atoms with Gasteiger partial charge in [0.25, 0.3) is 11.5 Å². The molecule has 0 saturated heterocycles. The maximum Gasteiger partial charge on any atom is 0.292 e. The molecule has 3 rings (SSSR count). The van der Waals surface area contributed by atoms with Crippen LogP contribution in [0, 0.1) is 0 Å². The van der Waals surface area contributed by atoms with Crippen molar-refractivity contribution in [3.63, 3.8) is 0 Å². The van der Waals surface area contributed by atoms with E-state index in [-0.39, 0.29) is 11.3 Å². The summed E-state index contributed by atoms with van der Waals surface area (Å²) in [7, 11) is 1.56. The van der Waals surface area contributed by atoms with Crippen molar-refractivity contribution in [1.29, 1.82) is 0 Å². The molecule has 1 aromatic heterocycles. The van der Waals surface area contributed by atoms with Crippen LogP contribution in [-0.2, 0) is 0 Å². The summed E-state index contributed by atoms with van der Waals surface area (Å²) >= 11 is 0. The number of aromatic amines is 1. The van der Waals surface area contributed by atoms with Crippen molar-refractivity contribution in [3.05, 3.63) is 64.1 Å². The number of aromatic nitrogens is 2. The fraction of sp³-hybridized carbons (Fsp3) is 0.200. The van der Waals surface area contributed by atoms with Gasteiger partial charge in [-0.25, -0.2) is 10.5 Å². The first-order chi connectivity index (χ1) is 13.6. The number of hydrogen-bond acceptors (Lipinski definition) is 6. The van der Waals surface area contributed by atoms with Crippen LogP contribution in [0.25, 0.3) is 10.8 Å². The normalized spacial score (nSPS) is 10.9. The molecule has 8 heteroatoms. The Kier molecular flexibility index (Phi) is 6.01. The zero-order valence-electron chi connectivity index (χ0n) is 15.6. The molecule has 0 aliphatic carbocycles. The van der Waals surface area contributed by atoms with Gasteiger partial charge in [0, 0.05) is 5.39 Å². The van der Waals surface area contributed by atoms with E-state index in [1.54, 1.807) is 49.6 Å². The van der Waals surface area contributed by atoms with Crippen LogP contribution in [-0.4, -0.2) is 36.0 Å². The Bertz CT molecular complexity index is 1080. The number of hydrazone groups is 1. The minimum absolute atomic E-state index is 0.0910. The molecule has 0 spiro atoms. The number of nitrogens with one attached hydrogen (secondary N) is 2. The molecule has 0 radical (unpaired) electrons. The molecular weight excluding hydrogens is 360 g/mol. The predicted octanol–water partition coefficient (Wildman–Crippen LogP) is 2.48. The maximum absolute atomic E-state index is 12.4. The number of rotatable bonds is 7. The van der Waals surface area contributed by atoms with Gasteiger partial charge >= 0.3 is 0 Å². The highest BCUT2D eigenvalue weighted by Crippen LogP contribution is 2.27. The van der Waals surface area contributed by atoms with E-state index in [9.17, 15) is 9.59 Å². The molecule has 0 unspecified atom stereocenters. The number of ether oxygens (including phenoxy) is 2. The molecule has 2 N–H and O–H groups in total. The SMILES string of the molecule is CCCOc1ccc(C=NNC(=O)c2n[nH]c(=O)c3ccccc23)cc1OC. The van der Waals surface area contributed by atoms with Gasteiger partial charge in [0.15, 0.2) is 17.2 Å². The van der Waals surface area contributed by atoms with Gasteiger partial charge < -0.3 is 9.47 Å². The lowest BCUT2D eigenvalue weighted by molar-refractivity contribution is 0.0951. The van der Waals surface area contributed by atoms with Crippen LogP contribution in [0.2, 0.25) is 0 Å². The fourth-order valence-corrected chi connectivity index (χ4v) is 2.60. The van der Waals surface area contributed by atoms with E-state index in [0.717, 1.165) is 12.0 Å². The summed E-state index contributed by atoms with van der Waals surface area (Å²) in [4.78, 5) is 24.2. The van der Waals surface area contributed by atoms with E-state index < -0.39 is 5.91 Å². The van der Waals surface area contributed by atoms with E-state index in [2.05, 4.69) is 20.7 Å². The highest BCUT2D eigenvalue weighted by Gasteiger charge is 2.13. The number of nitrogens with zero attached hydrogens (tertiary/aromatic N) is 2. The Morgan fingerprint density at radius 1 is 1.21 bits per heavy atom. The lowest BCUT2D eigenvalue weighted by Crippen LogP contribution is -2.22. The van der Waals surface area contributed by atoms with Gasteiger partial charge in [0.1, 0.15) is 0 Å². The molecule has 28 heavy (non-hydrogen) atoms. The lowest BCUT2D eigenvalue weighted by Gasteiger charge is -2.10. The summed E-state index contributed by atoms with van der Waals surface area (Å²) in [5.74, 6) is 0.699. The molecule has 0 saturated carbocycles. The van der Waals surface area contributed by atoms with Gasteiger partial charge in [-0.2, -0.15) is 10.2 Å². The Morgan fingerprint density at radius 3 is 2.75 bits per heavy atom. The van der Waals surface area contributed by atoms with Crippen LogP contribution in [0.5, 0.6) is 11.5 Å². The Morgan fingerprint density at radius 2 is 2.00 bits per heavy atom. The molecule has 3 aromatic rings. The highest BCUT2D eigenvalue weighted by molar-refractivity contribution is 6.04. The molecule has 8 nitrogen and oxygen atoms in total. The molecule has 0 atom stereocenters. The second-order valence-electron chi connectivity index (χ2n) is 5.90. The van der Waals surface area contributed by atoms with Crippen LogP contribution < -0.4 is 20.5 Å². The van der Waals surface area contributed by atoms with Gasteiger partial charge in [-0.1, -0.05) is 25.1 Å². The number of hydrogen-bond donors (Lipinski definition) is 2. The first-order valence-corrected chi connectivity index (χ1v) is 8.75. The van der Waals surface area contributed by atoms with Crippen molar-refractivity contribution >= 4 is 22.9 Å². The second-order valence-corrected chi connectivity index (χ2v) is 5.90. The third-order valence-electron chi connectivity index (χ3n) is 3.94. The summed E-state index contributed by atoms with van der Waals surface area (Å²) in [5.41, 5.74) is 2.88. The molecular formula is C20H20N4O4. The molecule has 2 aromatic carbocycles. The van der Waals surface area contributed by atoms with Gasteiger partial charge in [-0.15, -0.1) is 0 Å². The van der Waals surface area contributed by atoms with Crippen molar-refractivity contribution in [2.75, 3.05) is 13.7 Å². The molecule has 0 aliphatic rings. The zero-order valence-corrected chi connectivity index (χ0v) is 15.6. The third kappa shape index (κ3) is 4.17. The summed E-state index contributed by atoms with van der Waals surface area (Å²) in [6.07, 6.45) is 2.38. The minimum atomic E-state index is -0.529. The van der Waals surface area contributed by atoms with Gasteiger partial charge in [-0.05, 0) is 36.2 Å². The quantitative estimate of drug-likeness (QED) is 0.484. The maximum atomic E-state index is 12.4. The highest BCUT2D eigenvalue weighted by atomic mass is 16.5. The van der Waals surface area contributed by atoms with Crippen LogP contribution in [0.3, 0.4) is 0 Å². The van der Waals surface area contributed by atoms with Gasteiger partial charge in [0.05, 0.1) is 25.3 Å². The largest absolute Gasteiger partial charge is 0.493 e. The topological polar surface area (TPSA) is 106 Å². The van der Waals surface area contributed by atoms with Crippen LogP contribution in [0.1, 0.15) is 29.4 Å². The van der Waals surface area contributed by atoms with E-state index in [1.807, 2.05) is 6.92 Å². The molecule has 1 heterocycles. The Labute approximate surface area is 161 Å². The molecule has 144 valence electrons.